The highest BCUT2D eigenvalue weighted by atomic mass is 19.1. The number of hydrogen-bond donors (Lipinski definition) is 1. The molecule has 0 bridgehead atoms. The van der Waals surface area contributed by atoms with Crippen LogP contribution in [0.3, 0.4) is 0 Å². The van der Waals surface area contributed by atoms with Gasteiger partial charge in [0.25, 0.3) is 0 Å². The molecule has 1 aromatic heterocycles. The normalized spacial score (nSPS) is 14.9. The van der Waals surface area contributed by atoms with Crippen molar-refractivity contribution in [2.45, 2.75) is 0 Å². The van der Waals surface area contributed by atoms with Crippen molar-refractivity contribution in [3.8, 4) is 11.3 Å². The van der Waals surface area contributed by atoms with Crippen LogP contribution in [0.4, 0.5) is 19.1 Å². The lowest BCUT2D eigenvalue weighted by molar-refractivity contribution is 0.579. The fourth-order valence-corrected chi connectivity index (χ4v) is 2.98. The minimum atomic E-state index is -0.712. The molecule has 2 heterocycles. The average Bonchev–Trinajstić information content (AvgIpc) is 2.61. The van der Waals surface area contributed by atoms with Gasteiger partial charge in [0.15, 0.2) is 0 Å². The molecule has 1 fully saturated rings. The number of nitrogens with one attached hydrogen (secondary N) is 1. The summed E-state index contributed by atoms with van der Waals surface area (Å²) in [6.07, 6.45) is 0. The number of rotatable bonds is 2. The molecule has 7 heteroatoms. The van der Waals surface area contributed by atoms with Crippen LogP contribution in [0.2, 0.25) is 0 Å². The van der Waals surface area contributed by atoms with Gasteiger partial charge < -0.3 is 10.2 Å². The molecule has 1 N–H and O–H groups in total. The third kappa shape index (κ3) is 3.02. The maximum absolute atomic E-state index is 14.3. The summed E-state index contributed by atoms with van der Waals surface area (Å²) >= 11 is 0. The molecule has 3 aromatic rings. The number of halogens is 3. The Kier molecular flexibility index (Phi) is 4.01. The SMILES string of the molecule is Fc1ccc(-c2nc(N3CCNCC3)nc3cc(F)ccc23)c(F)c1. The van der Waals surface area contributed by atoms with Gasteiger partial charge in [-0.2, -0.15) is 0 Å². The lowest BCUT2D eigenvalue weighted by Crippen LogP contribution is -2.44. The molecular weight excluding hydrogens is 329 g/mol. The fourth-order valence-electron chi connectivity index (χ4n) is 2.98. The minimum absolute atomic E-state index is 0.164. The average molecular weight is 344 g/mol. The molecule has 0 atom stereocenters. The van der Waals surface area contributed by atoms with Crippen LogP contribution in [0.25, 0.3) is 22.2 Å². The van der Waals surface area contributed by atoms with Gasteiger partial charge in [-0.25, -0.2) is 23.1 Å². The Morgan fingerprint density at radius 1 is 0.880 bits per heavy atom. The van der Waals surface area contributed by atoms with Gasteiger partial charge in [-0.05, 0) is 24.3 Å². The van der Waals surface area contributed by atoms with E-state index in [2.05, 4.69) is 15.3 Å². The maximum Gasteiger partial charge on any atom is 0.226 e. The Labute approximate surface area is 142 Å². The quantitative estimate of drug-likeness (QED) is 0.776. The molecule has 0 aliphatic carbocycles. The van der Waals surface area contributed by atoms with Gasteiger partial charge in [0, 0.05) is 49.3 Å². The van der Waals surface area contributed by atoms with Crippen LogP contribution in [-0.4, -0.2) is 36.1 Å². The van der Waals surface area contributed by atoms with Crippen molar-refractivity contribution in [1.82, 2.24) is 15.3 Å². The van der Waals surface area contributed by atoms with Crippen molar-refractivity contribution in [1.29, 1.82) is 0 Å². The molecule has 0 saturated carbocycles. The summed E-state index contributed by atoms with van der Waals surface area (Å²) in [7, 11) is 0. The second-order valence-electron chi connectivity index (χ2n) is 5.89. The molecule has 0 spiro atoms. The van der Waals surface area contributed by atoms with Crippen molar-refractivity contribution in [2.24, 2.45) is 0 Å². The zero-order valence-electron chi connectivity index (χ0n) is 13.3. The van der Waals surface area contributed by atoms with Gasteiger partial charge in [-0.1, -0.05) is 0 Å². The second-order valence-corrected chi connectivity index (χ2v) is 5.89. The fraction of sp³-hybridized carbons (Fsp3) is 0.222. The Hall–Kier alpha value is -2.67. The van der Waals surface area contributed by atoms with Gasteiger partial charge in [0.1, 0.15) is 17.5 Å². The van der Waals surface area contributed by atoms with E-state index in [-0.39, 0.29) is 5.56 Å². The first kappa shape index (κ1) is 15.8. The van der Waals surface area contributed by atoms with Crippen LogP contribution in [0, 0.1) is 17.5 Å². The molecule has 1 aliphatic heterocycles. The van der Waals surface area contributed by atoms with E-state index in [1.807, 2.05) is 4.90 Å². The third-order valence-electron chi connectivity index (χ3n) is 4.23. The van der Waals surface area contributed by atoms with Crippen molar-refractivity contribution >= 4 is 16.9 Å². The summed E-state index contributed by atoms with van der Waals surface area (Å²) in [6, 6.07) is 7.44. The molecule has 2 aromatic carbocycles. The maximum atomic E-state index is 14.3. The summed E-state index contributed by atoms with van der Waals surface area (Å²) in [4.78, 5) is 10.9. The number of piperazine rings is 1. The molecule has 4 rings (SSSR count). The number of hydrogen-bond acceptors (Lipinski definition) is 4. The number of benzene rings is 2. The lowest BCUT2D eigenvalue weighted by Gasteiger charge is -2.28. The van der Waals surface area contributed by atoms with Crippen molar-refractivity contribution < 1.29 is 13.2 Å². The van der Waals surface area contributed by atoms with Crippen LogP contribution >= 0.6 is 0 Å². The number of aromatic nitrogens is 2. The van der Waals surface area contributed by atoms with Crippen LogP contribution in [0.15, 0.2) is 36.4 Å². The number of nitrogens with zero attached hydrogens (tertiary/aromatic N) is 3. The summed E-state index contributed by atoms with van der Waals surface area (Å²) in [6.45, 7) is 2.97. The van der Waals surface area contributed by atoms with E-state index < -0.39 is 17.5 Å². The lowest BCUT2D eigenvalue weighted by atomic mass is 10.1. The molecular formula is C18H15F3N4. The van der Waals surface area contributed by atoms with E-state index in [1.54, 1.807) is 0 Å². The van der Waals surface area contributed by atoms with E-state index in [9.17, 15) is 13.2 Å². The van der Waals surface area contributed by atoms with E-state index in [0.717, 1.165) is 19.2 Å². The molecule has 1 aliphatic rings. The molecule has 4 nitrogen and oxygen atoms in total. The van der Waals surface area contributed by atoms with E-state index in [0.29, 0.717) is 35.6 Å². The Morgan fingerprint density at radius 3 is 2.36 bits per heavy atom. The van der Waals surface area contributed by atoms with E-state index in [4.69, 9.17) is 0 Å². The minimum Gasteiger partial charge on any atom is -0.338 e. The standard InChI is InChI=1S/C18H15F3N4/c19-11-1-3-13(15(21)9-11)17-14-4-2-12(20)10-16(14)23-18(24-17)25-7-5-22-6-8-25/h1-4,9-10,22H,5-8H2. The zero-order chi connectivity index (χ0) is 17.4. The number of fused-ring (bicyclic) bond motifs is 1. The van der Waals surface area contributed by atoms with Gasteiger partial charge in [-0.15, -0.1) is 0 Å². The van der Waals surface area contributed by atoms with Crippen LogP contribution in [-0.2, 0) is 0 Å². The van der Waals surface area contributed by atoms with Gasteiger partial charge in [0.2, 0.25) is 5.95 Å². The topological polar surface area (TPSA) is 41.1 Å². The van der Waals surface area contributed by atoms with Crippen molar-refractivity contribution in [3.63, 3.8) is 0 Å². The molecule has 0 unspecified atom stereocenters. The Balaban J connectivity index is 1.94. The first-order valence-electron chi connectivity index (χ1n) is 8.00. The smallest absolute Gasteiger partial charge is 0.226 e. The summed E-state index contributed by atoms with van der Waals surface area (Å²) in [5.74, 6) is -1.38. The van der Waals surface area contributed by atoms with Gasteiger partial charge in [0.05, 0.1) is 11.2 Å². The first-order valence-corrected chi connectivity index (χ1v) is 8.00. The zero-order valence-corrected chi connectivity index (χ0v) is 13.3. The molecule has 0 amide bonds. The third-order valence-corrected chi connectivity index (χ3v) is 4.23. The van der Waals surface area contributed by atoms with E-state index in [1.165, 1.54) is 30.3 Å². The van der Waals surface area contributed by atoms with Crippen LogP contribution in [0.1, 0.15) is 0 Å². The predicted molar refractivity (Wildman–Crippen MR) is 89.9 cm³/mol. The summed E-state index contributed by atoms with van der Waals surface area (Å²) in [5, 5.41) is 3.75. The second kappa shape index (κ2) is 6.33. The first-order chi connectivity index (χ1) is 12.1. The monoisotopic (exact) mass is 344 g/mol. The summed E-state index contributed by atoms with van der Waals surface area (Å²) in [5.41, 5.74) is 0.884. The van der Waals surface area contributed by atoms with Crippen molar-refractivity contribution in [2.75, 3.05) is 31.1 Å². The number of anilines is 1. The molecule has 128 valence electrons. The van der Waals surface area contributed by atoms with Crippen molar-refractivity contribution in [3.05, 3.63) is 53.8 Å². The highest BCUT2D eigenvalue weighted by Crippen LogP contribution is 2.31. The van der Waals surface area contributed by atoms with E-state index >= 15 is 0 Å². The molecule has 0 radical (unpaired) electrons. The Morgan fingerprint density at radius 2 is 1.60 bits per heavy atom. The molecule has 25 heavy (non-hydrogen) atoms. The van der Waals surface area contributed by atoms with Crippen LogP contribution < -0.4 is 10.2 Å². The highest BCUT2D eigenvalue weighted by molar-refractivity contribution is 5.93. The predicted octanol–water partition coefficient (Wildman–Crippen LogP) is 3.12. The van der Waals surface area contributed by atoms with Crippen LogP contribution in [0.5, 0.6) is 0 Å². The molecule has 1 saturated heterocycles. The Bertz CT molecular complexity index is 939. The van der Waals surface area contributed by atoms with Gasteiger partial charge >= 0.3 is 0 Å². The highest BCUT2D eigenvalue weighted by Gasteiger charge is 2.19. The van der Waals surface area contributed by atoms with Gasteiger partial charge in [-0.3, -0.25) is 0 Å². The summed E-state index contributed by atoms with van der Waals surface area (Å²) < 4.78 is 41.3. The largest absolute Gasteiger partial charge is 0.338 e.